The van der Waals surface area contributed by atoms with Gasteiger partial charge in [-0.2, -0.15) is 0 Å². The van der Waals surface area contributed by atoms with Crippen molar-refractivity contribution in [3.63, 3.8) is 0 Å². The van der Waals surface area contributed by atoms with E-state index in [0.29, 0.717) is 0 Å². The molecule has 0 radical (unpaired) electrons. The van der Waals surface area contributed by atoms with Gasteiger partial charge in [0.15, 0.2) is 0 Å². The summed E-state index contributed by atoms with van der Waals surface area (Å²) in [4.78, 5) is 15.6. The summed E-state index contributed by atoms with van der Waals surface area (Å²) >= 11 is 0. The highest BCUT2D eigenvalue weighted by Gasteiger charge is 2.31. The average Bonchev–Trinajstić information content (AvgIpc) is 3.76. The third kappa shape index (κ3) is 4.05. The summed E-state index contributed by atoms with van der Waals surface area (Å²) in [7, 11) is 0. The average molecular weight is 539 g/mol. The molecule has 6 heteroatoms. The topological polar surface area (TPSA) is 73.2 Å². The van der Waals surface area contributed by atoms with Gasteiger partial charge in [-0.3, -0.25) is 0 Å². The first-order valence-corrected chi connectivity index (χ1v) is 14.7. The second kappa shape index (κ2) is 10.0. The second-order valence-electron chi connectivity index (χ2n) is 10.6. The molecule has 7 aliphatic rings. The summed E-state index contributed by atoms with van der Waals surface area (Å²) < 4.78 is 0. The molecule has 0 saturated heterocycles. The molecule has 0 saturated carbocycles. The maximum atomic E-state index is 5.29. The predicted octanol–water partition coefficient (Wildman–Crippen LogP) is 6.92. The van der Waals surface area contributed by atoms with Crippen molar-refractivity contribution in [1.82, 2.24) is 16.0 Å². The van der Waals surface area contributed by atoms with Gasteiger partial charge in [-0.25, -0.2) is 15.0 Å². The first kappa shape index (κ1) is 25.3. The van der Waals surface area contributed by atoms with Gasteiger partial charge in [0.05, 0.1) is 68.4 Å². The van der Waals surface area contributed by atoms with Gasteiger partial charge in [-0.15, -0.1) is 0 Å². The smallest absolute Gasteiger partial charge is 0.0908 e. The van der Waals surface area contributed by atoms with Crippen LogP contribution in [0, 0.1) is 0 Å². The number of hydrogen-bond donors (Lipinski definition) is 3. The molecule has 0 amide bonds. The molecule has 0 fully saturated rings. The molecule has 12 bridgehead atoms. The lowest BCUT2D eigenvalue weighted by Gasteiger charge is -2.19. The van der Waals surface area contributed by atoms with Crippen LogP contribution < -0.4 is 16.0 Å². The molecule has 0 aromatic rings. The van der Waals surface area contributed by atoms with Crippen molar-refractivity contribution in [3.05, 3.63) is 140 Å². The molecule has 7 aliphatic heterocycles. The van der Waals surface area contributed by atoms with Crippen LogP contribution in [0.5, 0.6) is 0 Å². The molecule has 0 spiro atoms. The molecule has 0 aromatic carbocycles. The van der Waals surface area contributed by atoms with Crippen molar-refractivity contribution in [2.24, 2.45) is 15.0 Å². The van der Waals surface area contributed by atoms with E-state index in [9.17, 15) is 0 Å². The zero-order chi connectivity index (χ0) is 28.1. The van der Waals surface area contributed by atoms with Crippen molar-refractivity contribution < 1.29 is 0 Å². The lowest BCUT2D eigenvalue weighted by atomic mass is 9.95. The number of hydrogen-bond acceptors (Lipinski definition) is 6. The zero-order valence-electron chi connectivity index (χ0n) is 24.0. The van der Waals surface area contributed by atoms with Crippen LogP contribution in [-0.4, -0.2) is 17.1 Å². The Morgan fingerprint density at radius 3 is 1.49 bits per heavy atom. The Morgan fingerprint density at radius 1 is 0.488 bits per heavy atom. The van der Waals surface area contributed by atoms with Gasteiger partial charge in [0.1, 0.15) is 0 Å². The molecule has 6 nitrogen and oxygen atoms in total. The lowest BCUT2D eigenvalue weighted by Crippen LogP contribution is -2.23. The van der Waals surface area contributed by atoms with Crippen LogP contribution >= 0.6 is 0 Å². The monoisotopic (exact) mass is 538 g/mol. The maximum Gasteiger partial charge on any atom is 0.0908 e. The summed E-state index contributed by atoms with van der Waals surface area (Å²) in [5.74, 6) is 0. The van der Waals surface area contributed by atoms with Crippen LogP contribution in [0.4, 0.5) is 0 Å². The zero-order valence-corrected chi connectivity index (χ0v) is 24.0. The van der Waals surface area contributed by atoms with Gasteiger partial charge in [0, 0.05) is 0 Å². The van der Waals surface area contributed by atoms with E-state index in [-0.39, 0.29) is 0 Å². The van der Waals surface area contributed by atoms with Crippen molar-refractivity contribution in [3.8, 4) is 0 Å². The van der Waals surface area contributed by atoms with Crippen molar-refractivity contribution in [2.45, 2.75) is 53.4 Å². The van der Waals surface area contributed by atoms with Gasteiger partial charge in [0.2, 0.25) is 0 Å². The van der Waals surface area contributed by atoms with Gasteiger partial charge >= 0.3 is 0 Å². The molecule has 0 atom stereocenters. The minimum atomic E-state index is 0.902. The van der Waals surface area contributed by atoms with Crippen LogP contribution in [0.25, 0.3) is 0 Å². The summed E-state index contributed by atoms with van der Waals surface area (Å²) in [5.41, 5.74) is 16.9. The SMILES string of the molecule is CCC1=C(CC)C2=C3C=CC=C(N3)C3=NC(=C4C=CC=C(N4)C4=NC(=C5C=CC=C(N5)C1=N2)C(CC)=C4CC)C=C3. The Labute approximate surface area is 241 Å². The number of nitrogens with zero attached hydrogens (tertiary/aromatic N) is 3. The summed E-state index contributed by atoms with van der Waals surface area (Å²) in [6.45, 7) is 8.87. The van der Waals surface area contributed by atoms with E-state index in [0.717, 1.165) is 94.1 Å². The maximum absolute atomic E-state index is 5.29. The molecule has 0 unspecified atom stereocenters. The molecule has 3 N–H and O–H groups in total. The first-order valence-electron chi connectivity index (χ1n) is 14.7. The number of dihydropyridines is 3. The van der Waals surface area contributed by atoms with Gasteiger partial charge in [0.25, 0.3) is 0 Å². The van der Waals surface area contributed by atoms with E-state index < -0.39 is 0 Å². The first-order chi connectivity index (χ1) is 20.1. The van der Waals surface area contributed by atoms with Crippen LogP contribution in [0.2, 0.25) is 0 Å². The molecule has 0 aliphatic carbocycles. The van der Waals surface area contributed by atoms with E-state index in [1.807, 2.05) is 0 Å². The summed E-state index contributed by atoms with van der Waals surface area (Å²) in [6.07, 6.45) is 26.7. The van der Waals surface area contributed by atoms with E-state index in [2.05, 4.69) is 110 Å². The van der Waals surface area contributed by atoms with Gasteiger partial charge in [-0.1, -0.05) is 45.9 Å². The van der Waals surface area contributed by atoms with E-state index in [1.165, 1.54) is 22.3 Å². The minimum Gasteiger partial charge on any atom is -0.352 e. The van der Waals surface area contributed by atoms with E-state index in [1.54, 1.807) is 0 Å². The molecule has 0 aromatic heterocycles. The number of rotatable bonds is 4. The third-order valence-electron chi connectivity index (χ3n) is 8.33. The fraction of sp³-hybridized carbons (Fsp3) is 0.229. The number of allylic oxidation sites excluding steroid dienone is 15. The molecule has 7 rings (SSSR count). The van der Waals surface area contributed by atoms with E-state index in [4.69, 9.17) is 15.0 Å². The molecule has 7 heterocycles. The molecule has 41 heavy (non-hydrogen) atoms. The number of fused-ring (bicyclic) bond motifs is 12. The molecule has 204 valence electrons. The fourth-order valence-electron chi connectivity index (χ4n) is 6.40. The van der Waals surface area contributed by atoms with Crippen LogP contribution in [0.3, 0.4) is 0 Å². The summed E-state index contributed by atoms with van der Waals surface area (Å²) in [6, 6.07) is 0. The largest absolute Gasteiger partial charge is 0.352 e. The Hall–Kier alpha value is -4.71. The van der Waals surface area contributed by atoms with Crippen molar-refractivity contribution in [2.75, 3.05) is 0 Å². The highest BCUT2D eigenvalue weighted by Crippen LogP contribution is 2.38. The van der Waals surface area contributed by atoms with Crippen LogP contribution in [-0.2, 0) is 0 Å². The Bertz CT molecular complexity index is 1760. The Balaban J connectivity index is 1.46. The van der Waals surface area contributed by atoms with E-state index >= 15 is 0 Å². The predicted molar refractivity (Wildman–Crippen MR) is 169 cm³/mol. The fourth-order valence-corrected chi connectivity index (χ4v) is 6.40. The number of aliphatic imine (C=N–C) groups is 3. The Kier molecular flexibility index (Phi) is 6.19. The number of nitrogens with one attached hydrogen (secondary N) is 3. The van der Waals surface area contributed by atoms with Gasteiger partial charge < -0.3 is 16.0 Å². The Morgan fingerprint density at radius 2 is 0.951 bits per heavy atom. The highest BCUT2D eigenvalue weighted by molar-refractivity contribution is 6.17. The summed E-state index contributed by atoms with van der Waals surface area (Å²) in [5, 5.41) is 11.1. The highest BCUT2D eigenvalue weighted by atomic mass is 15.0. The van der Waals surface area contributed by atoms with Crippen LogP contribution in [0.15, 0.2) is 155 Å². The molecular weight excluding hydrogens is 504 g/mol. The second-order valence-corrected chi connectivity index (χ2v) is 10.6. The van der Waals surface area contributed by atoms with Gasteiger partial charge in [-0.05, 0) is 96.6 Å². The molecular formula is C35H34N6. The van der Waals surface area contributed by atoms with Crippen molar-refractivity contribution in [1.29, 1.82) is 0 Å². The van der Waals surface area contributed by atoms with Crippen molar-refractivity contribution >= 4 is 17.1 Å². The minimum absolute atomic E-state index is 0.902. The van der Waals surface area contributed by atoms with Crippen LogP contribution in [0.1, 0.15) is 53.4 Å². The third-order valence-corrected chi connectivity index (χ3v) is 8.33. The lowest BCUT2D eigenvalue weighted by molar-refractivity contribution is 0.977. The normalized spacial score (nSPS) is 22.1. The standard InChI is InChI=1S/C35H34N6/c1-5-20-22(7-3)34-30-16-11-17-31(39-30)35-23(8-4)21(6-2)33(41-35)29-15-10-13-25(38-29)27-19-18-26(36-27)24-12-9-14-28(37-24)32(20)40-34/h9-19,37-39H,5-8H2,1-4H3. The quantitative estimate of drug-likeness (QED) is 0.340.